The van der Waals surface area contributed by atoms with Crippen LogP contribution in [0.15, 0.2) is 12.4 Å². The van der Waals surface area contributed by atoms with Crippen molar-refractivity contribution in [3.8, 4) is 0 Å². The minimum absolute atomic E-state index is 0.128. The third-order valence-electron chi connectivity index (χ3n) is 4.57. The molecule has 1 aliphatic heterocycles. The summed E-state index contributed by atoms with van der Waals surface area (Å²) >= 11 is 0. The average molecular weight is 344 g/mol. The highest BCUT2D eigenvalue weighted by Gasteiger charge is 2.30. The van der Waals surface area contributed by atoms with Gasteiger partial charge in [-0.25, -0.2) is 14.6 Å². The molecule has 1 amide bonds. The summed E-state index contributed by atoms with van der Waals surface area (Å²) in [5.74, 6) is 0.371. The van der Waals surface area contributed by atoms with Crippen LogP contribution in [0.4, 0.5) is 0 Å². The van der Waals surface area contributed by atoms with Crippen LogP contribution < -0.4 is 5.32 Å². The summed E-state index contributed by atoms with van der Waals surface area (Å²) in [5.41, 5.74) is 2.93. The van der Waals surface area contributed by atoms with Crippen molar-refractivity contribution < 1.29 is 4.79 Å². The average Bonchev–Trinajstić information content (AvgIpc) is 3.16. The summed E-state index contributed by atoms with van der Waals surface area (Å²) < 4.78 is 1.95. The number of amides is 1. The lowest BCUT2D eigenvalue weighted by molar-refractivity contribution is -0.127. The van der Waals surface area contributed by atoms with E-state index in [4.69, 9.17) is 5.10 Å². The third kappa shape index (κ3) is 4.15. The number of nitrogens with zero attached hydrogens (tertiary/aromatic N) is 5. The number of carbonyl (C=O) groups is 1. The van der Waals surface area contributed by atoms with Crippen LogP contribution in [0.5, 0.6) is 0 Å². The zero-order valence-electron chi connectivity index (χ0n) is 15.6. The van der Waals surface area contributed by atoms with Gasteiger partial charge in [0.15, 0.2) is 5.65 Å². The largest absolute Gasteiger partial charge is 0.342 e. The second-order valence-electron chi connectivity index (χ2n) is 8.03. The van der Waals surface area contributed by atoms with E-state index in [1.165, 1.54) is 0 Å². The van der Waals surface area contributed by atoms with Crippen molar-refractivity contribution in [1.29, 1.82) is 0 Å². The van der Waals surface area contributed by atoms with Gasteiger partial charge in [0, 0.05) is 51.4 Å². The number of fused-ring (bicyclic) bond motifs is 1. The molecule has 2 aromatic heterocycles. The van der Waals surface area contributed by atoms with Gasteiger partial charge in [0.05, 0.1) is 12.2 Å². The highest BCUT2D eigenvalue weighted by Crippen LogP contribution is 2.30. The molecule has 1 saturated heterocycles. The molecule has 25 heavy (non-hydrogen) atoms. The standard InChI is InChI=1S/C18H28N6O/c1-13(25)23-9-5-14(11-23)15-16-17(21-7-6-20-16)24(22-15)10-8-19-12-18(2,3)4/h6-7,14,19H,5,8-12H2,1-4H3/t14-/m1/s1. The van der Waals surface area contributed by atoms with Crippen molar-refractivity contribution in [2.45, 2.75) is 46.6 Å². The fraction of sp³-hybridized carbons (Fsp3) is 0.667. The van der Waals surface area contributed by atoms with E-state index in [-0.39, 0.29) is 17.2 Å². The van der Waals surface area contributed by atoms with Crippen LogP contribution in [0.3, 0.4) is 0 Å². The molecule has 0 unspecified atom stereocenters. The second kappa shape index (κ2) is 7.07. The Kier molecular flexibility index (Phi) is 5.03. The zero-order valence-corrected chi connectivity index (χ0v) is 15.6. The van der Waals surface area contributed by atoms with Gasteiger partial charge in [0.25, 0.3) is 0 Å². The Hall–Kier alpha value is -2.02. The molecular weight excluding hydrogens is 316 g/mol. The molecular formula is C18H28N6O. The highest BCUT2D eigenvalue weighted by molar-refractivity contribution is 5.75. The van der Waals surface area contributed by atoms with Gasteiger partial charge in [0.1, 0.15) is 5.52 Å². The van der Waals surface area contributed by atoms with Gasteiger partial charge in [-0.2, -0.15) is 5.10 Å². The Morgan fingerprint density at radius 2 is 2.08 bits per heavy atom. The van der Waals surface area contributed by atoms with Crippen molar-refractivity contribution in [3.63, 3.8) is 0 Å². The van der Waals surface area contributed by atoms with E-state index < -0.39 is 0 Å². The number of hydrogen-bond donors (Lipinski definition) is 1. The van der Waals surface area contributed by atoms with Crippen molar-refractivity contribution in [3.05, 3.63) is 18.1 Å². The third-order valence-corrected chi connectivity index (χ3v) is 4.57. The van der Waals surface area contributed by atoms with E-state index in [0.29, 0.717) is 0 Å². The maximum absolute atomic E-state index is 11.6. The summed E-state index contributed by atoms with van der Waals surface area (Å²) in [6, 6.07) is 0. The quantitative estimate of drug-likeness (QED) is 0.837. The first kappa shape index (κ1) is 17.8. The lowest BCUT2D eigenvalue weighted by Crippen LogP contribution is -2.29. The molecule has 3 heterocycles. The predicted octanol–water partition coefficient (Wildman–Crippen LogP) is 1.80. The molecule has 3 rings (SSSR count). The van der Waals surface area contributed by atoms with Crippen molar-refractivity contribution >= 4 is 17.1 Å². The van der Waals surface area contributed by atoms with Crippen molar-refractivity contribution in [2.24, 2.45) is 5.41 Å². The van der Waals surface area contributed by atoms with Crippen molar-refractivity contribution in [1.82, 2.24) is 30.0 Å². The van der Waals surface area contributed by atoms with Gasteiger partial charge in [-0.05, 0) is 11.8 Å². The van der Waals surface area contributed by atoms with E-state index in [9.17, 15) is 4.79 Å². The predicted molar refractivity (Wildman–Crippen MR) is 97.3 cm³/mol. The molecule has 1 atom stereocenters. The highest BCUT2D eigenvalue weighted by atomic mass is 16.2. The summed E-state index contributed by atoms with van der Waals surface area (Å²) in [6.07, 6.45) is 4.36. The number of carbonyl (C=O) groups excluding carboxylic acids is 1. The summed E-state index contributed by atoms with van der Waals surface area (Å²) in [4.78, 5) is 22.5. The molecule has 1 N–H and O–H groups in total. The van der Waals surface area contributed by atoms with Crippen LogP contribution in [-0.4, -0.2) is 56.7 Å². The minimum Gasteiger partial charge on any atom is -0.342 e. The summed E-state index contributed by atoms with van der Waals surface area (Å²) in [5, 5.41) is 8.29. The molecule has 1 aliphatic rings. The van der Waals surface area contributed by atoms with E-state index in [1.54, 1.807) is 19.3 Å². The summed E-state index contributed by atoms with van der Waals surface area (Å²) in [7, 11) is 0. The molecule has 0 spiro atoms. The first-order valence-electron chi connectivity index (χ1n) is 8.99. The lowest BCUT2D eigenvalue weighted by Gasteiger charge is -2.18. The first-order chi connectivity index (χ1) is 11.8. The normalized spacial score (nSPS) is 18.2. The Bertz CT molecular complexity index is 748. The van der Waals surface area contributed by atoms with Crippen LogP contribution in [0, 0.1) is 5.41 Å². The second-order valence-corrected chi connectivity index (χ2v) is 8.03. The maximum Gasteiger partial charge on any atom is 0.219 e. The smallest absolute Gasteiger partial charge is 0.219 e. The van der Waals surface area contributed by atoms with Crippen LogP contribution in [0.1, 0.15) is 45.7 Å². The molecule has 0 saturated carbocycles. The van der Waals surface area contributed by atoms with Gasteiger partial charge in [-0.3, -0.25) is 4.79 Å². The van der Waals surface area contributed by atoms with Crippen molar-refractivity contribution in [2.75, 3.05) is 26.2 Å². The molecule has 0 aliphatic carbocycles. The lowest BCUT2D eigenvalue weighted by atomic mass is 9.97. The van der Waals surface area contributed by atoms with E-state index in [1.807, 2.05) is 9.58 Å². The molecule has 0 radical (unpaired) electrons. The number of aromatic nitrogens is 4. The minimum atomic E-state index is 0.128. The van der Waals surface area contributed by atoms with E-state index >= 15 is 0 Å². The SMILES string of the molecule is CC(=O)N1CC[C@@H](c2nn(CCNCC(C)(C)C)c3nccnc23)C1. The molecule has 7 heteroatoms. The van der Waals surface area contributed by atoms with Gasteiger partial charge in [-0.1, -0.05) is 20.8 Å². The van der Waals surface area contributed by atoms with Gasteiger partial charge < -0.3 is 10.2 Å². The topological polar surface area (TPSA) is 75.9 Å². The molecule has 1 fully saturated rings. The van der Waals surface area contributed by atoms with E-state index in [0.717, 1.165) is 56.0 Å². The zero-order chi connectivity index (χ0) is 18.0. The van der Waals surface area contributed by atoms with E-state index in [2.05, 4.69) is 36.1 Å². The Labute approximate surface area is 148 Å². The van der Waals surface area contributed by atoms with Crippen LogP contribution >= 0.6 is 0 Å². The van der Waals surface area contributed by atoms with Crippen LogP contribution in [-0.2, 0) is 11.3 Å². The molecule has 2 aromatic rings. The monoisotopic (exact) mass is 344 g/mol. The van der Waals surface area contributed by atoms with Gasteiger partial charge >= 0.3 is 0 Å². The fourth-order valence-corrected chi connectivity index (χ4v) is 3.27. The van der Waals surface area contributed by atoms with Gasteiger partial charge in [0.2, 0.25) is 5.91 Å². The van der Waals surface area contributed by atoms with Gasteiger partial charge in [-0.15, -0.1) is 0 Å². The van der Waals surface area contributed by atoms with Crippen LogP contribution in [0.2, 0.25) is 0 Å². The Morgan fingerprint density at radius 3 is 2.76 bits per heavy atom. The maximum atomic E-state index is 11.6. The number of rotatable bonds is 5. The first-order valence-corrected chi connectivity index (χ1v) is 8.99. The molecule has 0 aromatic carbocycles. The Balaban J connectivity index is 1.76. The number of likely N-dealkylation sites (tertiary alicyclic amines) is 1. The summed E-state index contributed by atoms with van der Waals surface area (Å²) in [6.45, 7) is 12.3. The molecule has 7 nitrogen and oxygen atoms in total. The Morgan fingerprint density at radius 1 is 1.32 bits per heavy atom. The molecule has 136 valence electrons. The van der Waals surface area contributed by atoms with Crippen LogP contribution in [0.25, 0.3) is 11.2 Å². The number of nitrogens with one attached hydrogen (secondary N) is 1. The fourth-order valence-electron chi connectivity index (χ4n) is 3.27. The molecule has 0 bridgehead atoms. The number of hydrogen-bond acceptors (Lipinski definition) is 5.